The Labute approximate surface area is 99.2 Å². The minimum Gasteiger partial charge on any atom is -0.329 e. The molecule has 0 amide bonds. The Morgan fingerprint density at radius 3 is 2.12 bits per heavy atom. The van der Waals surface area contributed by atoms with Gasteiger partial charge in [-0.3, -0.25) is 0 Å². The van der Waals surface area contributed by atoms with E-state index in [1.807, 2.05) is 13.8 Å². The van der Waals surface area contributed by atoms with Crippen LogP contribution in [0.15, 0.2) is 0 Å². The van der Waals surface area contributed by atoms with Gasteiger partial charge in [-0.1, -0.05) is 13.8 Å². The van der Waals surface area contributed by atoms with Crippen molar-refractivity contribution in [3.8, 4) is 0 Å². The number of likely N-dealkylation sites (N-methyl/N-ethyl adjacent to an activating group) is 1. The minimum atomic E-state index is -3.14. The van der Waals surface area contributed by atoms with Crippen molar-refractivity contribution in [2.75, 3.05) is 19.3 Å². The lowest BCUT2D eigenvalue weighted by molar-refractivity contribution is 0.207. The molecule has 1 aliphatic rings. The normalized spacial score (nSPS) is 18.1. The van der Waals surface area contributed by atoms with E-state index in [2.05, 4.69) is 0 Å². The molecule has 0 bridgehead atoms. The number of hydrogen-bond acceptors (Lipinski definition) is 3. The average molecular weight is 248 g/mol. The molecule has 1 aliphatic carbocycles. The van der Waals surface area contributed by atoms with Crippen LogP contribution in [0.4, 0.5) is 0 Å². The summed E-state index contributed by atoms with van der Waals surface area (Å²) in [5.41, 5.74) is 5.37. The molecule has 0 radical (unpaired) electrons. The lowest BCUT2D eigenvalue weighted by Crippen LogP contribution is -2.54. The SMILES string of the molecule is CCC(CC)(CN)N(C)S(=O)(=O)CC1CC1. The molecule has 0 unspecified atom stereocenters. The first-order valence-corrected chi connectivity index (χ1v) is 7.69. The molecule has 2 N–H and O–H groups in total. The first-order chi connectivity index (χ1) is 7.41. The van der Waals surface area contributed by atoms with Gasteiger partial charge in [-0.25, -0.2) is 8.42 Å². The van der Waals surface area contributed by atoms with Gasteiger partial charge in [0.2, 0.25) is 10.0 Å². The van der Waals surface area contributed by atoms with E-state index in [1.165, 1.54) is 4.31 Å². The van der Waals surface area contributed by atoms with Crippen LogP contribution in [0.1, 0.15) is 39.5 Å². The van der Waals surface area contributed by atoms with Crippen LogP contribution >= 0.6 is 0 Å². The highest BCUT2D eigenvalue weighted by Crippen LogP contribution is 2.33. The molecular weight excluding hydrogens is 224 g/mol. The summed E-state index contributed by atoms with van der Waals surface area (Å²) in [6, 6.07) is 0. The van der Waals surface area contributed by atoms with Gasteiger partial charge < -0.3 is 5.73 Å². The van der Waals surface area contributed by atoms with Crippen LogP contribution in [-0.2, 0) is 10.0 Å². The minimum absolute atomic E-state index is 0.297. The van der Waals surface area contributed by atoms with Crippen molar-refractivity contribution in [2.24, 2.45) is 11.7 Å². The maximum Gasteiger partial charge on any atom is 0.214 e. The Morgan fingerprint density at radius 2 is 1.81 bits per heavy atom. The van der Waals surface area contributed by atoms with E-state index in [4.69, 9.17) is 5.73 Å². The molecule has 5 heteroatoms. The fourth-order valence-corrected chi connectivity index (χ4v) is 4.18. The molecule has 1 fully saturated rings. The molecule has 0 aromatic rings. The van der Waals surface area contributed by atoms with Gasteiger partial charge in [0.15, 0.2) is 0 Å². The van der Waals surface area contributed by atoms with Crippen molar-refractivity contribution in [1.29, 1.82) is 0 Å². The van der Waals surface area contributed by atoms with E-state index in [9.17, 15) is 8.42 Å². The van der Waals surface area contributed by atoms with Gasteiger partial charge in [-0.15, -0.1) is 0 Å². The van der Waals surface area contributed by atoms with Gasteiger partial charge in [0, 0.05) is 19.1 Å². The van der Waals surface area contributed by atoms with Gasteiger partial charge in [-0.2, -0.15) is 4.31 Å². The van der Waals surface area contributed by atoms with E-state index < -0.39 is 15.6 Å². The van der Waals surface area contributed by atoms with Gasteiger partial charge in [0.25, 0.3) is 0 Å². The Balaban J connectivity index is 2.83. The Hall–Kier alpha value is -0.130. The number of sulfonamides is 1. The van der Waals surface area contributed by atoms with Gasteiger partial charge in [-0.05, 0) is 31.6 Å². The fourth-order valence-electron chi connectivity index (χ4n) is 2.10. The second-order valence-electron chi connectivity index (χ2n) is 4.82. The Morgan fingerprint density at radius 1 is 1.31 bits per heavy atom. The summed E-state index contributed by atoms with van der Waals surface area (Å²) in [6.07, 6.45) is 3.64. The zero-order valence-electron chi connectivity index (χ0n) is 10.6. The molecule has 0 spiro atoms. The van der Waals surface area contributed by atoms with E-state index in [0.29, 0.717) is 18.2 Å². The van der Waals surface area contributed by atoms with Crippen LogP contribution in [0.5, 0.6) is 0 Å². The van der Waals surface area contributed by atoms with E-state index >= 15 is 0 Å². The molecule has 16 heavy (non-hydrogen) atoms. The van der Waals surface area contributed by atoms with Crippen molar-refractivity contribution in [1.82, 2.24) is 4.31 Å². The molecule has 0 aliphatic heterocycles. The number of nitrogens with zero attached hydrogens (tertiary/aromatic N) is 1. The standard InChI is InChI=1S/C11H24N2O2S/c1-4-11(5-2,9-12)13(3)16(14,15)8-10-6-7-10/h10H,4-9,12H2,1-3H3. The molecule has 0 aromatic heterocycles. The molecule has 0 atom stereocenters. The summed E-state index contributed by atoms with van der Waals surface area (Å²) in [7, 11) is -1.46. The van der Waals surface area contributed by atoms with Crippen LogP contribution in [0.3, 0.4) is 0 Å². The van der Waals surface area contributed by atoms with Crippen LogP contribution in [0, 0.1) is 5.92 Å². The highest BCUT2D eigenvalue weighted by Gasteiger charge is 2.39. The average Bonchev–Trinajstić information content (AvgIpc) is 3.04. The highest BCUT2D eigenvalue weighted by molar-refractivity contribution is 7.89. The number of rotatable bonds is 7. The predicted molar refractivity (Wildman–Crippen MR) is 66.6 cm³/mol. The summed E-state index contributed by atoms with van der Waals surface area (Å²) in [6.45, 7) is 4.39. The predicted octanol–water partition coefficient (Wildman–Crippen LogP) is 1.18. The molecule has 0 heterocycles. The third kappa shape index (κ3) is 2.76. The van der Waals surface area contributed by atoms with Gasteiger partial charge in [0.1, 0.15) is 0 Å². The quantitative estimate of drug-likeness (QED) is 0.736. The second-order valence-corrected chi connectivity index (χ2v) is 6.87. The fraction of sp³-hybridized carbons (Fsp3) is 1.00. The zero-order valence-corrected chi connectivity index (χ0v) is 11.4. The zero-order chi connectivity index (χ0) is 12.4. The largest absolute Gasteiger partial charge is 0.329 e. The third-order valence-corrected chi connectivity index (χ3v) is 6.04. The van der Waals surface area contributed by atoms with Crippen molar-refractivity contribution >= 4 is 10.0 Å². The van der Waals surface area contributed by atoms with Crippen LogP contribution in [0.25, 0.3) is 0 Å². The summed E-state index contributed by atoms with van der Waals surface area (Å²) in [5, 5.41) is 0. The maximum atomic E-state index is 12.2. The van der Waals surface area contributed by atoms with E-state index in [1.54, 1.807) is 7.05 Å². The first-order valence-electron chi connectivity index (χ1n) is 6.08. The van der Waals surface area contributed by atoms with Gasteiger partial charge in [0.05, 0.1) is 5.75 Å². The molecule has 1 saturated carbocycles. The van der Waals surface area contributed by atoms with Crippen molar-refractivity contribution in [3.05, 3.63) is 0 Å². The smallest absolute Gasteiger partial charge is 0.214 e. The molecule has 96 valence electrons. The monoisotopic (exact) mass is 248 g/mol. The van der Waals surface area contributed by atoms with Crippen LogP contribution < -0.4 is 5.73 Å². The summed E-state index contributed by atoms with van der Waals surface area (Å²) in [5.74, 6) is 0.683. The lowest BCUT2D eigenvalue weighted by Gasteiger charge is -2.39. The topological polar surface area (TPSA) is 63.4 Å². The molecule has 0 saturated heterocycles. The third-order valence-electron chi connectivity index (χ3n) is 3.92. The number of hydrogen-bond donors (Lipinski definition) is 1. The molecule has 1 rings (SSSR count). The van der Waals surface area contributed by atoms with Crippen LogP contribution in [-0.4, -0.2) is 37.6 Å². The Bertz CT molecular complexity index is 311. The van der Waals surface area contributed by atoms with E-state index in [-0.39, 0.29) is 0 Å². The van der Waals surface area contributed by atoms with E-state index in [0.717, 1.165) is 25.7 Å². The summed E-state index contributed by atoms with van der Waals surface area (Å²) in [4.78, 5) is 0. The molecule has 0 aromatic carbocycles. The summed E-state index contributed by atoms with van der Waals surface area (Å²) < 4.78 is 25.9. The highest BCUT2D eigenvalue weighted by atomic mass is 32.2. The summed E-state index contributed by atoms with van der Waals surface area (Å²) >= 11 is 0. The molecular formula is C11H24N2O2S. The maximum absolute atomic E-state index is 12.2. The number of nitrogens with two attached hydrogens (primary N) is 1. The van der Waals surface area contributed by atoms with Crippen LogP contribution in [0.2, 0.25) is 0 Å². The van der Waals surface area contributed by atoms with Crippen molar-refractivity contribution in [3.63, 3.8) is 0 Å². The molecule has 4 nitrogen and oxygen atoms in total. The lowest BCUT2D eigenvalue weighted by atomic mass is 9.93. The van der Waals surface area contributed by atoms with Crippen molar-refractivity contribution in [2.45, 2.75) is 45.1 Å². The Kier molecular flexibility index (Phi) is 4.37. The van der Waals surface area contributed by atoms with Crippen molar-refractivity contribution < 1.29 is 8.42 Å². The first kappa shape index (κ1) is 13.9. The second kappa shape index (κ2) is 5.02. The van der Waals surface area contributed by atoms with Gasteiger partial charge >= 0.3 is 0 Å².